The van der Waals surface area contributed by atoms with Crippen molar-refractivity contribution in [1.29, 1.82) is 0 Å². The van der Waals surface area contributed by atoms with Gasteiger partial charge in [-0.15, -0.1) is 0 Å². The second kappa shape index (κ2) is 3.71. The van der Waals surface area contributed by atoms with Gasteiger partial charge >= 0.3 is 0 Å². The zero-order valence-corrected chi connectivity index (χ0v) is 11.1. The van der Waals surface area contributed by atoms with Crippen LogP contribution in [-0.4, -0.2) is 8.07 Å². The lowest BCUT2D eigenvalue weighted by Gasteiger charge is -2.19. The van der Waals surface area contributed by atoms with E-state index in [0.717, 1.165) is 5.19 Å². The van der Waals surface area contributed by atoms with Crippen LogP contribution in [0.4, 0.5) is 4.39 Å². The molecule has 13 heavy (non-hydrogen) atoms. The molecule has 0 bridgehead atoms. The van der Waals surface area contributed by atoms with Gasteiger partial charge in [0, 0.05) is 4.47 Å². The molecule has 0 aliphatic heterocycles. The zero-order chi connectivity index (χ0) is 10.2. The molecule has 0 fully saturated rings. The van der Waals surface area contributed by atoms with E-state index in [1.807, 2.05) is 0 Å². The van der Waals surface area contributed by atoms with E-state index < -0.39 is 8.07 Å². The highest BCUT2D eigenvalue weighted by Gasteiger charge is 2.21. The highest BCUT2D eigenvalue weighted by atomic mass is 79.9. The summed E-state index contributed by atoms with van der Waals surface area (Å²) in [5.74, 6) is -0.228. The molecule has 4 heteroatoms. The maximum absolute atomic E-state index is 13.1. The topological polar surface area (TPSA) is 0 Å². The van der Waals surface area contributed by atoms with E-state index in [0.29, 0.717) is 9.50 Å². The maximum Gasteiger partial charge on any atom is 0.124 e. The summed E-state index contributed by atoms with van der Waals surface area (Å²) >= 11 is 9.31. The van der Waals surface area contributed by atoms with Crippen LogP contribution >= 0.6 is 27.5 Å². The number of hydrogen-bond acceptors (Lipinski definition) is 0. The molecule has 1 aromatic rings. The smallest absolute Gasteiger partial charge is 0.124 e. The Morgan fingerprint density at radius 1 is 1.31 bits per heavy atom. The molecule has 0 unspecified atom stereocenters. The first-order chi connectivity index (χ1) is 5.82. The predicted octanol–water partition coefficient (Wildman–Crippen LogP) is 3.79. The van der Waals surface area contributed by atoms with E-state index in [2.05, 4.69) is 35.6 Å². The van der Waals surface area contributed by atoms with Crippen molar-refractivity contribution in [3.8, 4) is 0 Å². The average molecular weight is 282 g/mol. The van der Waals surface area contributed by atoms with Gasteiger partial charge in [-0.05, 0) is 33.2 Å². The molecular formula is C9H11BrClFSi. The molecule has 0 aliphatic carbocycles. The van der Waals surface area contributed by atoms with E-state index in [1.54, 1.807) is 6.07 Å². The van der Waals surface area contributed by atoms with Gasteiger partial charge in [0.2, 0.25) is 0 Å². The third-order valence-electron chi connectivity index (χ3n) is 1.80. The van der Waals surface area contributed by atoms with Gasteiger partial charge in [0.25, 0.3) is 0 Å². The highest BCUT2D eigenvalue weighted by Crippen LogP contribution is 2.23. The molecule has 0 N–H and O–H groups in total. The van der Waals surface area contributed by atoms with Crippen LogP contribution in [0.1, 0.15) is 0 Å². The molecule has 1 rings (SSSR count). The van der Waals surface area contributed by atoms with Crippen molar-refractivity contribution in [2.75, 3.05) is 0 Å². The summed E-state index contributed by atoms with van der Waals surface area (Å²) in [4.78, 5) is 0. The van der Waals surface area contributed by atoms with Crippen LogP contribution in [-0.2, 0) is 0 Å². The van der Waals surface area contributed by atoms with Crippen LogP contribution < -0.4 is 5.19 Å². The zero-order valence-electron chi connectivity index (χ0n) is 7.79. The molecule has 0 saturated heterocycles. The second-order valence-electron chi connectivity index (χ2n) is 4.00. The molecule has 0 heterocycles. The summed E-state index contributed by atoms with van der Waals surface area (Å²) in [6, 6.07) is 2.94. The van der Waals surface area contributed by atoms with Gasteiger partial charge in [-0.3, -0.25) is 0 Å². The van der Waals surface area contributed by atoms with Crippen LogP contribution in [0.2, 0.25) is 24.7 Å². The third-order valence-corrected chi connectivity index (χ3v) is 5.23. The Bertz CT molecular complexity index is 333. The van der Waals surface area contributed by atoms with Gasteiger partial charge in [-0.25, -0.2) is 4.39 Å². The van der Waals surface area contributed by atoms with Crippen LogP contribution in [0.3, 0.4) is 0 Å². The Labute approximate surface area is 92.2 Å². The maximum atomic E-state index is 13.1. The lowest BCUT2D eigenvalue weighted by atomic mass is 10.3. The van der Waals surface area contributed by atoms with Crippen molar-refractivity contribution in [2.45, 2.75) is 19.6 Å². The first-order valence-electron chi connectivity index (χ1n) is 3.97. The fourth-order valence-corrected chi connectivity index (χ4v) is 4.04. The quantitative estimate of drug-likeness (QED) is 0.543. The van der Waals surface area contributed by atoms with Crippen molar-refractivity contribution in [3.05, 3.63) is 27.4 Å². The second-order valence-corrected chi connectivity index (χ2v) is 10.3. The van der Waals surface area contributed by atoms with Gasteiger partial charge in [0.1, 0.15) is 5.82 Å². The minimum atomic E-state index is -1.54. The standard InChI is InChI=1S/C9H11BrClFSi/c1-13(2,3)8-5-6(12)4-7(10)9(8)11/h4-5H,1-3H3. The molecule has 0 spiro atoms. The first-order valence-corrected chi connectivity index (χ1v) is 8.64. The molecule has 72 valence electrons. The minimum absolute atomic E-state index is 0.228. The van der Waals surface area contributed by atoms with E-state index >= 15 is 0 Å². The van der Waals surface area contributed by atoms with Crippen molar-refractivity contribution >= 4 is 40.8 Å². The summed E-state index contributed by atoms with van der Waals surface area (Å²) in [5.41, 5.74) is 0. The monoisotopic (exact) mass is 280 g/mol. The Balaban J connectivity index is 3.37. The Morgan fingerprint density at radius 2 is 1.85 bits per heavy atom. The molecule has 0 aliphatic rings. The van der Waals surface area contributed by atoms with Crippen LogP contribution in [0.5, 0.6) is 0 Å². The first kappa shape index (κ1) is 11.2. The van der Waals surface area contributed by atoms with Crippen molar-refractivity contribution in [2.24, 2.45) is 0 Å². The fourth-order valence-electron chi connectivity index (χ4n) is 1.10. The fraction of sp³-hybridized carbons (Fsp3) is 0.333. The molecule has 0 atom stereocenters. The predicted molar refractivity (Wildman–Crippen MR) is 62.1 cm³/mol. The lowest BCUT2D eigenvalue weighted by Crippen LogP contribution is -2.38. The molecule has 0 saturated carbocycles. The summed E-state index contributed by atoms with van der Waals surface area (Å²) in [6.07, 6.45) is 0. The van der Waals surface area contributed by atoms with Crippen LogP contribution in [0, 0.1) is 5.82 Å². The van der Waals surface area contributed by atoms with Crippen LogP contribution in [0.25, 0.3) is 0 Å². The summed E-state index contributed by atoms with van der Waals surface area (Å²) < 4.78 is 13.7. The number of halogens is 3. The third kappa shape index (κ3) is 2.54. The average Bonchev–Trinajstić information content (AvgIpc) is 1.94. The Hall–Kier alpha value is 0.137. The molecule has 0 nitrogen and oxygen atoms in total. The molecule has 0 aromatic heterocycles. The minimum Gasteiger partial charge on any atom is -0.207 e. The molecule has 1 aromatic carbocycles. The number of hydrogen-bond donors (Lipinski definition) is 0. The molecular weight excluding hydrogens is 271 g/mol. The van der Waals surface area contributed by atoms with Crippen LogP contribution in [0.15, 0.2) is 16.6 Å². The largest absolute Gasteiger partial charge is 0.207 e. The Morgan fingerprint density at radius 3 is 2.31 bits per heavy atom. The lowest BCUT2D eigenvalue weighted by molar-refractivity contribution is 0.628. The van der Waals surface area contributed by atoms with E-state index in [9.17, 15) is 4.39 Å². The van der Waals surface area contributed by atoms with Gasteiger partial charge in [-0.1, -0.05) is 31.2 Å². The van der Waals surface area contributed by atoms with E-state index in [1.165, 1.54) is 6.07 Å². The molecule has 0 amide bonds. The SMILES string of the molecule is C[Si](C)(C)c1cc(F)cc(Br)c1Cl. The van der Waals surface area contributed by atoms with Crippen molar-refractivity contribution in [1.82, 2.24) is 0 Å². The van der Waals surface area contributed by atoms with Gasteiger partial charge in [0.15, 0.2) is 0 Å². The van der Waals surface area contributed by atoms with Crippen molar-refractivity contribution < 1.29 is 4.39 Å². The van der Waals surface area contributed by atoms with Gasteiger partial charge in [0.05, 0.1) is 13.1 Å². The number of benzene rings is 1. The normalized spacial score (nSPS) is 11.8. The summed E-state index contributed by atoms with van der Waals surface area (Å²) in [5, 5.41) is 1.61. The van der Waals surface area contributed by atoms with Gasteiger partial charge < -0.3 is 0 Å². The van der Waals surface area contributed by atoms with Gasteiger partial charge in [-0.2, -0.15) is 0 Å². The number of rotatable bonds is 1. The molecule has 0 radical (unpaired) electrons. The summed E-state index contributed by atoms with van der Waals surface area (Å²) in [7, 11) is -1.54. The van der Waals surface area contributed by atoms with E-state index in [-0.39, 0.29) is 5.82 Å². The van der Waals surface area contributed by atoms with E-state index in [4.69, 9.17) is 11.6 Å². The Kier molecular flexibility index (Phi) is 3.20. The van der Waals surface area contributed by atoms with Crippen molar-refractivity contribution in [3.63, 3.8) is 0 Å². The highest BCUT2D eigenvalue weighted by molar-refractivity contribution is 9.10. The summed E-state index contributed by atoms with van der Waals surface area (Å²) in [6.45, 7) is 6.42.